The Hall–Kier alpha value is -1.40. The minimum atomic E-state index is -0.418. The Morgan fingerprint density at radius 1 is 1.58 bits per heavy atom. The molecule has 0 spiro atoms. The van der Waals surface area contributed by atoms with E-state index in [2.05, 4.69) is 5.10 Å². The van der Waals surface area contributed by atoms with Crippen LogP contribution in [0.4, 0.5) is 0 Å². The van der Waals surface area contributed by atoms with Crippen molar-refractivity contribution >= 4 is 5.91 Å². The van der Waals surface area contributed by atoms with Crippen LogP contribution < -0.4 is 0 Å². The van der Waals surface area contributed by atoms with Crippen LogP contribution in [0.3, 0.4) is 0 Å². The van der Waals surface area contributed by atoms with E-state index in [1.54, 1.807) is 28.0 Å². The molecule has 1 aromatic heterocycles. The van der Waals surface area contributed by atoms with E-state index in [0.717, 1.165) is 6.54 Å². The van der Waals surface area contributed by atoms with E-state index in [0.29, 0.717) is 13.0 Å². The maximum atomic E-state index is 12.5. The zero-order valence-electron chi connectivity index (χ0n) is 11.7. The molecule has 1 aliphatic heterocycles. The van der Waals surface area contributed by atoms with Crippen molar-refractivity contribution in [1.29, 1.82) is 0 Å². The normalized spacial score (nSPS) is 25.0. The Bertz CT molecular complexity index is 418. The molecule has 0 bridgehead atoms. The third-order valence-electron chi connectivity index (χ3n) is 3.53. The van der Waals surface area contributed by atoms with Gasteiger partial charge in [-0.15, -0.1) is 0 Å². The quantitative estimate of drug-likeness (QED) is 0.831. The summed E-state index contributed by atoms with van der Waals surface area (Å²) in [7, 11) is 3.95. The number of β-amino-alcohol motifs (C(OH)–C–C–N with tert-alkyl or cyclic N) is 1. The minimum Gasteiger partial charge on any atom is -0.391 e. The van der Waals surface area contributed by atoms with Gasteiger partial charge in [0, 0.05) is 31.5 Å². The number of carbonyl (C=O) groups excluding carboxylic acids is 1. The molecule has 1 aromatic rings. The van der Waals surface area contributed by atoms with Crippen molar-refractivity contribution in [1.82, 2.24) is 19.6 Å². The van der Waals surface area contributed by atoms with Gasteiger partial charge in [0.15, 0.2) is 0 Å². The van der Waals surface area contributed by atoms with E-state index in [4.69, 9.17) is 0 Å². The average molecular weight is 266 g/mol. The summed E-state index contributed by atoms with van der Waals surface area (Å²) < 4.78 is 1.65. The summed E-state index contributed by atoms with van der Waals surface area (Å²) in [5.74, 6) is 0.0205. The molecular formula is C13H22N4O2. The highest BCUT2D eigenvalue weighted by molar-refractivity contribution is 5.80. The molecule has 3 atom stereocenters. The highest BCUT2D eigenvalue weighted by Gasteiger charge is 2.36. The van der Waals surface area contributed by atoms with Crippen LogP contribution in [-0.4, -0.2) is 69.9 Å². The van der Waals surface area contributed by atoms with Gasteiger partial charge in [-0.3, -0.25) is 9.48 Å². The average Bonchev–Trinajstić information content (AvgIpc) is 2.96. The number of likely N-dealkylation sites (N-methyl/N-ethyl adjacent to an activating group) is 1. The molecule has 1 saturated heterocycles. The summed E-state index contributed by atoms with van der Waals surface area (Å²) in [5, 5.41) is 13.9. The van der Waals surface area contributed by atoms with Crippen molar-refractivity contribution < 1.29 is 9.90 Å². The summed E-state index contributed by atoms with van der Waals surface area (Å²) in [5.41, 5.74) is 0. The molecule has 1 aliphatic rings. The highest BCUT2D eigenvalue weighted by Crippen LogP contribution is 2.22. The number of aromatic nitrogens is 2. The van der Waals surface area contributed by atoms with Crippen LogP contribution in [0.5, 0.6) is 0 Å². The predicted octanol–water partition coefficient (Wildman–Crippen LogP) is -0.0325. The van der Waals surface area contributed by atoms with Crippen LogP contribution in [0.1, 0.15) is 19.4 Å². The molecule has 6 heteroatoms. The van der Waals surface area contributed by atoms with E-state index in [1.807, 2.05) is 25.9 Å². The van der Waals surface area contributed by atoms with Gasteiger partial charge in [0.1, 0.15) is 6.04 Å². The van der Waals surface area contributed by atoms with Gasteiger partial charge >= 0.3 is 0 Å². The van der Waals surface area contributed by atoms with Crippen LogP contribution in [-0.2, 0) is 4.79 Å². The first-order valence-corrected chi connectivity index (χ1v) is 6.61. The van der Waals surface area contributed by atoms with Crippen molar-refractivity contribution in [2.24, 2.45) is 0 Å². The van der Waals surface area contributed by atoms with Crippen molar-refractivity contribution in [3.63, 3.8) is 0 Å². The third-order valence-corrected chi connectivity index (χ3v) is 3.53. The van der Waals surface area contributed by atoms with Gasteiger partial charge in [0.2, 0.25) is 5.91 Å². The first-order chi connectivity index (χ1) is 8.99. The molecule has 6 nitrogen and oxygen atoms in total. The number of hydrogen-bond donors (Lipinski definition) is 1. The molecule has 1 fully saturated rings. The summed E-state index contributed by atoms with van der Waals surface area (Å²) in [6.07, 6.45) is 3.69. The minimum absolute atomic E-state index is 0.0205. The largest absolute Gasteiger partial charge is 0.391 e. The van der Waals surface area contributed by atoms with E-state index < -0.39 is 6.10 Å². The maximum Gasteiger partial charge on any atom is 0.247 e. The number of rotatable bonds is 4. The zero-order chi connectivity index (χ0) is 14.0. The number of carbonyl (C=O) groups is 1. The highest BCUT2D eigenvalue weighted by atomic mass is 16.3. The molecule has 0 aliphatic carbocycles. The van der Waals surface area contributed by atoms with Gasteiger partial charge in [-0.25, -0.2) is 0 Å². The molecule has 1 amide bonds. The number of hydrogen-bond acceptors (Lipinski definition) is 4. The third kappa shape index (κ3) is 3.13. The lowest BCUT2D eigenvalue weighted by molar-refractivity contribution is -0.135. The van der Waals surface area contributed by atoms with Crippen molar-refractivity contribution in [2.75, 3.05) is 27.2 Å². The second-order valence-electron chi connectivity index (χ2n) is 5.46. The zero-order valence-corrected chi connectivity index (χ0v) is 11.7. The maximum absolute atomic E-state index is 12.5. The first kappa shape index (κ1) is 14.0. The van der Waals surface area contributed by atoms with Gasteiger partial charge in [-0.1, -0.05) is 0 Å². The van der Waals surface area contributed by atoms with Crippen molar-refractivity contribution in [3.05, 3.63) is 18.5 Å². The number of aliphatic hydroxyl groups excluding tert-OH is 1. The molecule has 0 radical (unpaired) electrons. The van der Waals surface area contributed by atoms with Gasteiger partial charge < -0.3 is 14.9 Å². The van der Waals surface area contributed by atoms with E-state index >= 15 is 0 Å². The molecule has 2 heterocycles. The summed E-state index contributed by atoms with van der Waals surface area (Å²) >= 11 is 0. The summed E-state index contributed by atoms with van der Waals surface area (Å²) in [4.78, 5) is 16.3. The second kappa shape index (κ2) is 5.71. The van der Waals surface area contributed by atoms with Gasteiger partial charge in [0.05, 0.1) is 6.10 Å². The van der Waals surface area contributed by atoms with Crippen LogP contribution >= 0.6 is 0 Å². The molecule has 19 heavy (non-hydrogen) atoms. The molecule has 0 saturated carbocycles. The fourth-order valence-electron chi connectivity index (χ4n) is 2.62. The molecule has 106 valence electrons. The summed E-state index contributed by atoms with van der Waals surface area (Å²) in [6.45, 7) is 3.03. The SMILES string of the molecule is CC(C(=O)N1CC(O)CC1CN(C)C)n1cccn1. The van der Waals surface area contributed by atoms with Gasteiger partial charge in [-0.2, -0.15) is 5.10 Å². The standard InChI is InChI=1S/C13H22N4O2/c1-10(17-6-4-5-14-17)13(19)16-9-12(18)7-11(16)8-15(2)3/h4-6,10-12,18H,7-9H2,1-3H3. The number of amides is 1. The van der Waals surface area contributed by atoms with E-state index in [9.17, 15) is 9.90 Å². The Kier molecular flexibility index (Phi) is 4.21. The Morgan fingerprint density at radius 3 is 2.89 bits per heavy atom. The fourth-order valence-corrected chi connectivity index (χ4v) is 2.62. The Morgan fingerprint density at radius 2 is 2.32 bits per heavy atom. The van der Waals surface area contributed by atoms with Crippen LogP contribution in [0.15, 0.2) is 18.5 Å². The fraction of sp³-hybridized carbons (Fsp3) is 0.692. The lowest BCUT2D eigenvalue weighted by atomic mass is 10.2. The van der Waals surface area contributed by atoms with Gasteiger partial charge in [-0.05, 0) is 33.5 Å². The topological polar surface area (TPSA) is 61.6 Å². The molecule has 0 aromatic carbocycles. The number of likely N-dealkylation sites (tertiary alicyclic amines) is 1. The number of nitrogens with zero attached hydrogens (tertiary/aromatic N) is 4. The molecule has 2 rings (SSSR count). The van der Waals surface area contributed by atoms with E-state index in [1.165, 1.54) is 0 Å². The Balaban J connectivity index is 2.08. The summed E-state index contributed by atoms with van der Waals surface area (Å²) in [6, 6.07) is 1.56. The van der Waals surface area contributed by atoms with Crippen molar-refractivity contribution in [2.45, 2.75) is 31.5 Å². The molecular weight excluding hydrogens is 244 g/mol. The predicted molar refractivity (Wildman–Crippen MR) is 71.6 cm³/mol. The van der Waals surface area contributed by atoms with Gasteiger partial charge in [0.25, 0.3) is 0 Å². The smallest absolute Gasteiger partial charge is 0.247 e. The van der Waals surface area contributed by atoms with Crippen LogP contribution in [0, 0.1) is 0 Å². The first-order valence-electron chi connectivity index (χ1n) is 6.61. The van der Waals surface area contributed by atoms with Crippen LogP contribution in [0.2, 0.25) is 0 Å². The lowest BCUT2D eigenvalue weighted by Crippen LogP contribution is -2.44. The van der Waals surface area contributed by atoms with Crippen molar-refractivity contribution in [3.8, 4) is 0 Å². The van der Waals surface area contributed by atoms with Crippen LogP contribution in [0.25, 0.3) is 0 Å². The lowest BCUT2D eigenvalue weighted by Gasteiger charge is -2.29. The number of aliphatic hydroxyl groups is 1. The monoisotopic (exact) mass is 266 g/mol. The Labute approximate surface area is 113 Å². The second-order valence-corrected chi connectivity index (χ2v) is 5.46. The molecule has 3 unspecified atom stereocenters. The van der Waals surface area contributed by atoms with E-state index in [-0.39, 0.29) is 18.0 Å². The molecule has 1 N–H and O–H groups in total.